The van der Waals surface area contributed by atoms with E-state index in [1.54, 1.807) is 27.5 Å². The van der Waals surface area contributed by atoms with Crippen LogP contribution >= 0.6 is 15.9 Å². The first-order chi connectivity index (χ1) is 10.9. The Bertz CT molecular complexity index is 1000. The molecule has 2 aromatic heterocycles. The molecule has 6 nitrogen and oxygen atoms in total. The lowest BCUT2D eigenvalue weighted by Crippen LogP contribution is -2.26. The Kier molecular flexibility index (Phi) is 3.75. The molecule has 0 saturated heterocycles. The highest BCUT2D eigenvalue weighted by Gasteiger charge is 2.21. The van der Waals surface area contributed by atoms with E-state index in [9.17, 15) is 9.59 Å². The molecule has 0 fully saturated rings. The number of imidazole rings is 1. The van der Waals surface area contributed by atoms with Crippen molar-refractivity contribution in [2.24, 2.45) is 7.05 Å². The van der Waals surface area contributed by atoms with Crippen molar-refractivity contribution in [1.29, 1.82) is 0 Å². The number of nitrogens with zero attached hydrogens (tertiary/aromatic N) is 4. The highest BCUT2D eigenvalue weighted by atomic mass is 79.9. The molecular weight excluding hydrogens is 360 g/mol. The lowest BCUT2D eigenvalue weighted by Gasteiger charge is -2.13. The van der Waals surface area contributed by atoms with Gasteiger partial charge in [-0.1, -0.05) is 22.0 Å². The average molecular weight is 377 g/mol. The highest BCUT2D eigenvalue weighted by Crippen LogP contribution is 2.23. The van der Waals surface area contributed by atoms with E-state index in [-0.39, 0.29) is 17.2 Å². The number of halogens is 1. The SMILES string of the molecule is Cc1cc(CBr)c2c(c1)c(=O)n(C)c1c(C(=O)N(C)C)ncn21. The molecule has 0 saturated carbocycles. The van der Waals surface area contributed by atoms with Gasteiger partial charge in [-0.3, -0.25) is 18.6 Å². The molecule has 0 unspecified atom stereocenters. The minimum atomic E-state index is -0.227. The predicted molar refractivity (Wildman–Crippen MR) is 93.3 cm³/mol. The minimum Gasteiger partial charge on any atom is -0.343 e. The molecule has 3 aromatic rings. The van der Waals surface area contributed by atoms with E-state index in [1.165, 1.54) is 9.47 Å². The van der Waals surface area contributed by atoms with Gasteiger partial charge in [-0.15, -0.1) is 0 Å². The van der Waals surface area contributed by atoms with Crippen LogP contribution in [-0.4, -0.2) is 38.9 Å². The average Bonchev–Trinajstić information content (AvgIpc) is 2.95. The number of aromatic nitrogens is 3. The van der Waals surface area contributed by atoms with Gasteiger partial charge in [0, 0.05) is 26.5 Å². The lowest BCUT2D eigenvalue weighted by molar-refractivity contribution is 0.0824. The lowest BCUT2D eigenvalue weighted by atomic mass is 10.1. The van der Waals surface area contributed by atoms with E-state index in [0.717, 1.165) is 16.6 Å². The molecule has 0 aliphatic rings. The number of rotatable bonds is 2. The zero-order valence-corrected chi connectivity index (χ0v) is 15.0. The van der Waals surface area contributed by atoms with E-state index in [4.69, 9.17) is 0 Å². The quantitative estimate of drug-likeness (QED) is 0.643. The summed E-state index contributed by atoms with van der Waals surface area (Å²) in [5.74, 6) is -0.227. The molecule has 120 valence electrons. The van der Waals surface area contributed by atoms with Gasteiger partial charge >= 0.3 is 0 Å². The monoisotopic (exact) mass is 376 g/mol. The van der Waals surface area contributed by atoms with Crippen LogP contribution < -0.4 is 5.56 Å². The van der Waals surface area contributed by atoms with Gasteiger partial charge in [0.05, 0.1) is 10.9 Å². The first-order valence-corrected chi connectivity index (χ1v) is 8.25. The third-order valence-electron chi connectivity index (χ3n) is 3.92. The normalized spacial score (nSPS) is 11.3. The molecule has 0 bridgehead atoms. The Labute approximate surface area is 141 Å². The number of alkyl halides is 1. The summed E-state index contributed by atoms with van der Waals surface area (Å²) < 4.78 is 3.31. The summed E-state index contributed by atoms with van der Waals surface area (Å²) in [5.41, 5.74) is 3.45. The van der Waals surface area contributed by atoms with Crippen molar-refractivity contribution in [3.63, 3.8) is 0 Å². The summed E-state index contributed by atoms with van der Waals surface area (Å²) in [6.45, 7) is 1.96. The van der Waals surface area contributed by atoms with Gasteiger partial charge in [-0.2, -0.15) is 0 Å². The number of carbonyl (C=O) groups is 1. The number of benzene rings is 1. The molecule has 0 aliphatic heterocycles. The number of amides is 1. The first-order valence-electron chi connectivity index (χ1n) is 7.13. The first kappa shape index (κ1) is 15.7. The zero-order chi connectivity index (χ0) is 16.9. The van der Waals surface area contributed by atoms with Crippen molar-refractivity contribution >= 4 is 38.4 Å². The van der Waals surface area contributed by atoms with Crippen LogP contribution in [0.4, 0.5) is 0 Å². The maximum absolute atomic E-state index is 12.8. The van der Waals surface area contributed by atoms with Crippen LogP contribution in [0.5, 0.6) is 0 Å². The molecule has 2 heterocycles. The second-order valence-electron chi connectivity index (χ2n) is 5.80. The summed E-state index contributed by atoms with van der Waals surface area (Å²) in [4.78, 5) is 30.9. The summed E-state index contributed by atoms with van der Waals surface area (Å²) in [6, 6.07) is 3.90. The standard InChI is InChI=1S/C16H17BrN4O2/c1-9-5-10(7-17)13-11(6-9)15(22)20(4)14-12(16(23)19(2)3)18-8-21(13)14/h5-6,8H,7H2,1-4H3. The number of hydrogen-bond acceptors (Lipinski definition) is 3. The second-order valence-corrected chi connectivity index (χ2v) is 6.37. The van der Waals surface area contributed by atoms with Crippen molar-refractivity contribution in [3.05, 3.63) is 45.6 Å². The zero-order valence-electron chi connectivity index (χ0n) is 13.4. The van der Waals surface area contributed by atoms with E-state index in [0.29, 0.717) is 16.4 Å². The molecule has 1 aromatic carbocycles. The van der Waals surface area contributed by atoms with Crippen LogP contribution in [-0.2, 0) is 12.4 Å². The fourth-order valence-corrected chi connectivity index (χ4v) is 3.30. The molecule has 0 radical (unpaired) electrons. The van der Waals surface area contributed by atoms with Gasteiger partial charge in [0.2, 0.25) is 0 Å². The third-order valence-corrected chi connectivity index (χ3v) is 4.53. The van der Waals surface area contributed by atoms with Crippen molar-refractivity contribution in [2.45, 2.75) is 12.3 Å². The maximum Gasteiger partial charge on any atom is 0.275 e. The van der Waals surface area contributed by atoms with Gasteiger partial charge in [-0.25, -0.2) is 4.98 Å². The second kappa shape index (κ2) is 5.49. The number of aryl methyl sites for hydroxylation is 2. The van der Waals surface area contributed by atoms with E-state index in [1.807, 2.05) is 23.5 Å². The van der Waals surface area contributed by atoms with Crippen LogP contribution in [0.3, 0.4) is 0 Å². The maximum atomic E-state index is 12.8. The van der Waals surface area contributed by atoms with Gasteiger partial charge in [0.1, 0.15) is 6.33 Å². The van der Waals surface area contributed by atoms with Gasteiger partial charge in [0.15, 0.2) is 11.3 Å². The fourth-order valence-electron chi connectivity index (χ4n) is 2.87. The fraction of sp³-hybridized carbons (Fsp3) is 0.312. The van der Waals surface area contributed by atoms with Gasteiger partial charge in [0.25, 0.3) is 11.5 Å². The Morgan fingerprint density at radius 3 is 2.65 bits per heavy atom. The Morgan fingerprint density at radius 2 is 2.04 bits per heavy atom. The summed E-state index contributed by atoms with van der Waals surface area (Å²) >= 11 is 3.48. The van der Waals surface area contributed by atoms with Gasteiger partial charge < -0.3 is 4.90 Å². The Hall–Kier alpha value is -2.15. The molecule has 3 rings (SSSR count). The number of fused-ring (bicyclic) bond motifs is 3. The van der Waals surface area contributed by atoms with Crippen LogP contribution in [0, 0.1) is 6.92 Å². The molecule has 0 atom stereocenters. The van der Waals surface area contributed by atoms with Gasteiger partial charge in [-0.05, 0) is 24.1 Å². The van der Waals surface area contributed by atoms with Crippen LogP contribution in [0.1, 0.15) is 21.6 Å². The van der Waals surface area contributed by atoms with E-state index >= 15 is 0 Å². The summed E-state index contributed by atoms with van der Waals surface area (Å²) in [6.07, 6.45) is 1.61. The molecule has 7 heteroatoms. The summed E-state index contributed by atoms with van der Waals surface area (Å²) in [7, 11) is 5.00. The van der Waals surface area contributed by atoms with Crippen LogP contribution in [0.25, 0.3) is 16.6 Å². The van der Waals surface area contributed by atoms with Crippen molar-refractivity contribution in [2.75, 3.05) is 14.1 Å². The number of hydrogen-bond donors (Lipinski definition) is 0. The molecule has 0 N–H and O–H groups in total. The molecular formula is C16H17BrN4O2. The van der Waals surface area contributed by atoms with Crippen molar-refractivity contribution in [3.8, 4) is 0 Å². The number of carbonyl (C=O) groups excluding carboxylic acids is 1. The topological polar surface area (TPSA) is 59.6 Å². The highest BCUT2D eigenvalue weighted by molar-refractivity contribution is 9.08. The van der Waals surface area contributed by atoms with Crippen LogP contribution in [0.15, 0.2) is 23.3 Å². The largest absolute Gasteiger partial charge is 0.343 e. The smallest absolute Gasteiger partial charge is 0.275 e. The Morgan fingerprint density at radius 1 is 1.35 bits per heavy atom. The minimum absolute atomic E-state index is 0.133. The van der Waals surface area contributed by atoms with Crippen molar-refractivity contribution in [1.82, 2.24) is 18.9 Å². The Balaban J connectivity index is 2.56. The molecule has 23 heavy (non-hydrogen) atoms. The third kappa shape index (κ3) is 2.26. The molecule has 1 amide bonds. The van der Waals surface area contributed by atoms with Crippen LogP contribution in [0.2, 0.25) is 0 Å². The van der Waals surface area contributed by atoms with Crippen molar-refractivity contribution < 1.29 is 4.79 Å². The summed E-state index contributed by atoms with van der Waals surface area (Å²) in [5, 5.41) is 1.23. The van der Waals surface area contributed by atoms with E-state index < -0.39 is 0 Å². The van der Waals surface area contributed by atoms with E-state index in [2.05, 4.69) is 20.9 Å². The molecule has 0 spiro atoms. The molecule has 0 aliphatic carbocycles. The predicted octanol–water partition coefficient (Wildman–Crippen LogP) is 2.09.